The minimum absolute atomic E-state index is 0.0351. The number of halogens is 9. The van der Waals surface area contributed by atoms with Gasteiger partial charge in [-0.3, -0.25) is 0 Å². The van der Waals surface area contributed by atoms with Gasteiger partial charge in [-0.1, -0.05) is 6.92 Å². The molecule has 0 atom stereocenters. The van der Waals surface area contributed by atoms with Gasteiger partial charge in [-0.05, 0) is 6.42 Å². The molecule has 5 nitrogen and oxygen atoms in total. The van der Waals surface area contributed by atoms with Gasteiger partial charge in [0.15, 0.2) is 0 Å². The lowest BCUT2D eigenvalue weighted by Crippen LogP contribution is -2.67. The molecule has 0 saturated carbocycles. The standard InChI is InChI=1S/C11H15F9N2O3S/c1-2-5-22(23)6-3-21(4-7-22)26(24,25)11(19,20)9(14,15)8(12,13)10(16,17)18/h2-7H2,1H3. The SMILES string of the molecule is CCC[N+]1([O-])CCN(S(=O)(=O)C(F)(F)C(F)(F)C(F)(F)C(F)(F)F)CC1. The first-order valence-electron chi connectivity index (χ1n) is 7.14. The third-order valence-electron chi connectivity index (χ3n) is 3.92. The number of hydrogen-bond donors (Lipinski definition) is 0. The molecule has 1 fully saturated rings. The molecule has 0 aromatic rings. The van der Waals surface area contributed by atoms with Crippen LogP contribution in [0.4, 0.5) is 39.5 Å². The maximum absolute atomic E-state index is 13.7. The summed E-state index contributed by atoms with van der Waals surface area (Å²) in [7, 11) is -6.61. The Morgan fingerprint density at radius 1 is 0.923 bits per heavy atom. The van der Waals surface area contributed by atoms with Crippen molar-refractivity contribution in [2.75, 3.05) is 32.7 Å². The molecule has 1 heterocycles. The fourth-order valence-corrected chi connectivity index (χ4v) is 3.79. The van der Waals surface area contributed by atoms with Crippen LogP contribution in [-0.2, 0) is 10.0 Å². The summed E-state index contributed by atoms with van der Waals surface area (Å²) in [6, 6.07) is 0. The molecule has 1 aliphatic heterocycles. The van der Waals surface area contributed by atoms with Gasteiger partial charge in [0.2, 0.25) is 0 Å². The summed E-state index contributed by atoms with van der Waals surface area (Å²) >= 11 is 0. The Morgan fingerprint density at radius 2 is 1.35 bits per heavy atom. The number of nitrogens with zero attached hydrogens (tertiary/aromatic N) is 2. The summed E-state index contributed by atoms with van der Waals surface area (Å²) in [5, 5.41) is 5.29. The molecule has 0 radical (unpaired) electrons. The first-order valence-corrected chi connectivity index (χ1v) is 8.58. The van der Waals surface area contributed by atoms with E-state index in [9.17, 15) is 53.1 Å². The second-order valence-electron chi connectivity index (χ2n) is 5.80. The molecule has 26 heavy (non-hydrogen) atoms. The van der Waals surface area contributed by atoms with Crippen LogP contribution in [0.2, 0.25) is 0 Å². The number of sulfonamides is 1. The highest BCUT2D eigenvalue weighted by atomic mass is 32.2. The molecule has 0 amide bonds. The molecule has 1 saturated heterocycles. The van der Waals surface area contributed by atoms with Gasteiger partial charge in [-0.2, -0.15) is 43.8 Å². The summed E-state index contributed by atoms with van der Waals surface area (Å²) in [6.07, 6.45) is -6.78. The Balaban J connectivity index is 3.19. The van der Waals surface area contributed by atoms with Crippen LogP contribution in [0.5, 0.6) is 0 Å². The summed E-state index contributed by atoms with van der Waals surface area (Å²) in [6.45, 7) is -1.75. The lowest BCUT2D eigenvalue weighted by molar-refractivity contribution is -0.884. The van der Waals surface area contributed by atoms with Gasteiger partial charge >= 0.3 is 23.3 Å². The van der Waals surface area contributed by atoms with E-state index in [1.807, 2.05) is 0 Å². The number of hydrogen-bond acceptors (Lipinski definition) is 3. The van der Waals surface area contributed by atoms with Gasteiger partial charge in [-0.25, -0.2) is 8.42 Å². The quantitative estimate of drug-likeness (QED) is 0.373. The van der Waals surface area contributed by atoms with Crippen molar-refractivity contribution in [3.8, 4) is 0 Å². The van der Waals surface area contributed by atoms with Crippen molar-refractivity contribution in [2.24, 2.45) is 0 Å². The van der Waals surface area contributed by atoms with E-state index in [1.54, 1.807) is 6.92 Å². The van der Waals surface area contributed by atoms with E-state index in [0.717, 1.165) is 0 Å². The maximum Gasteiger partial charge on any atom is 0.460 e. The van der Waals surface area contributed by atoms with Crippen LogP contribution in [-0.4, -0.2) is 73.4 Å². The molecule has 156 valence electrons. The molecular weight excluding hydrogens is 411 g/mol. The normalized spacial score (nSPS) is 21.0. The average Bonchev–Trinajstić information content (AvgIpc) is 2.45. The van der Waals surface area contributed by atoms with E-state index >= 15 is 0 Å². The van der Waals surface area contributed by atoms with Crippen LogP contribution in [0.15, 0.2) is 0 Å². The van der Waals surface area contributed by atoms with Crippen molar-refractivity contribution in [2.45, 2.75) is 36.6 Å². The fourth-order valence-electron chi connectivity index (χ4n) is 2.37. The molecule has 0 spiro atoms. The number of quaternary nitrogens is 1. The Bertz CT molecular complexity index is 613. The van der Waals surface area contributed by atoms with Crippen LogP contribution in [0.25, 0.3) is 0 Å². The first-order chi connectivity index (χ1) is 11.4. The van der Waals surface area contributed by atoms with Crippen molar-refractivity contribution in [3.63, 3.8) is 0 Å². The third-order valence-corrected chi connectivity index (χ3v) is 5.87. The number of alkyl halides is 9. The second kappa shape index (κ2) is 6.67. The zero-order valence-corrected chi connectivity index (χ0v) is 14.0. The number of hydroxylamine groups is 3. The van der Waals surface area contributed by atoms with Gasteiger partial charge in [0.25, 0.3) is 10.0 Å². The molecule has 15 heteroatoms. The fraction of sp³-hybridized carbons (Fsp3) is 1.00. The largest absolute Gasteiger partial charge is 0.633 e. The molecule has 0 aliphatic carbocycles. The van der Waals surface area contributed by atoms with E-state index in [0.29, 0.717) is 6.42 Å². The van der Waals surface area contributed by atoms with Crippen LogP contribution in [0.3, 0.4) is 0 Å². The van der Waals surface area contributed by atoms with E-state index < -0.39 is 64.1 Å². The van der Waals surface area contributed by atoms with Crippen LogP contribution in [0, 0.1) is 5.21 Å². The predicted molar refractivity (Wildman–Crippen MR) is 69.9 cm³/mol. The van der Waals surface area contributed by atoms with Crippen molar-refractivity contribution >= 4 is 10.0 Å². The number of piperazine rings is 1. The van der Waals surface area contributed by atoms with Gasteiger partial charge in [-0.15, -0.1) is 0 Å². The van der Waals surface area contributed by atoms with Gasteiger partial charge in [0.1, 0.15) is 0 Å². The molecular formula is C11H15F9N2O3S. The van der Waals surface area contributed by atoms with Gasteiger partial charge < -0.3 is 9.85 Å². The zero-order chi connectivity index (χ0) is 20.8. The lowest BCUT2D eigenvalue weighted by Gasteiger charge is -2.48. The number of rotatable bonds is 6. The van der Waals surface area contributed by atoms with Crippen LogP contribution < -0.4 is 0 Å². The molecule has 0 unspecified atom stereocenters. The van der Waals surface area contributed by atoms with E-state index in [4.69, 9.17) is 0 Å². The monoisotopic (exact) mass is 426 g/mol. The molecule has 0 aromatic carbocycles. The van der Waals surface area contributed by atoms with Crippen molar-refractivity contribution in [1.29, 1.82) is 0 Å². The first kappa shape index (κ1) is 23.2. The molecule has 0 N–H and O–H groups in total. The minimum Gasteiger partial charge on any atom is -0.633 e. The molecule has 1 rings (SSSR count). The van der Waals surface area contributed by atoms with E-state index in [1.165, 1.54) is 0 Å². The smallest absolute Gasteiger partial charge is 0.460 e. The van der Waals surface area contributed by atoms with Crippen molar-refractivity contribution < 1.29 is 52.6 Å². The van der Waals surface area contributed by atoms with Crippen LogP contribution in [0.1, 0.15) is 13.3 Å². The van der Waals surface area contributed by atoms with E-state index in [-0.39, 0.29) is 10.8 Å². The highest BCUT2D eigenvalue weighted by Gasteiger charge is 2.85. The maximum atomic E-state index is 13.7. The second-order valence-corrected chi connectivity index (χ2v) is 7.78. The summed E-state index contributed by atoms with van der Waals surface area (Å²) < 4.78 is 138. The Kier molecular flexibility index (Phi) is 5.96. The molecule has 0 aromatic heterocycles. The lowest BCUT2D eigenvalue weighted by atomic mass is 10.1. The van der Waals surface area contributed by atoms with Gasteiger partial charge in [0, 0.05) is 0 Å². The average molecular weight is 426 g/mol. The molecule has 0 bridgehead atoms. The zero-order valence-electron chi connectivity index (χ0n) is 13.2. The third kappa shape index (κ3) is 3.49. The summed E-state index contributed by atoms with van der Waals surface area (Å²) in [4.78, 5) is 0. The van der Waals surface area contributed by atoms with Crippen LogP contribution >= 0.6 is 0 Å². The topological polar surface area (TPSA) is 60.4 Å². The Morgan fingerprint density at radius 3 is 1.69 bits per heavy atom. The highest BCUT2D eigenvalue weighted by Crippen LogP contribution is 2.55. The Hall–Kier alpha value is -0.800. The predicted octanol–water partition coefficient (Wildman–Crippen LogP) is 2.78. The summed E-state index contributed by atoms with van der Waals surface area (Å²) in [5.74, 6) is -14.6. The summed E-state index contributed by atoms with van der Waals surface area (Å²) in [5.41, 5.74) is 0. The highest BCUT2D eigenvalue weighted by molar-refractivity contribution is 7.90. The molecule has 1 aliphatic rings. The van der Waals surface area contributed by atoms with Crippen molar-refractivity contribution in [3.05, 3.63) is 5.21 Å². The van der Waals surface area contributed by atoms with Gasteiger partial charge in [0.05, 0.1) is 32.7 Å². The minimum atomic E-state index is -7.30. The van der Waals surface area contributed by atoms with E-state index in [2.05, 4.69) is 0 Å². The Labute approximate surface area is 142 Å². The van der Waals surface area contributed by atoms with Crippen molar-refractivity contribution in [1.82, 2.24) is 4.31 Å².